The molecule has 3 aromatic rings. The number of amides is 2. The van der Waals surface area contributed by atoms with Gasteiger partial charge in [-0.05, 0) is 37.1 Å². The number of likely N-dealkylation sites (tertiary alicyclic amines) is 1. The Morgan fingerprint density at radius 2 is 1.94 bits per heavy atom. The van der Waals surface area contributed by atoms with Gasteiger partial charge in [-0.25, -0.2) is 4.98 Å². The molecule has 4 rings (SSSR count). The predicted octanol–water partition coefficient (Wildman–Crippen LogP) is 2.59. The zero-order chi connectivity index (χ0) is 21.7. The molecule has 0 saturated carbocycles. The maximum absolute atomic E-state index is 12.6. The van der Waals surface area contributed by atoms with E-state index in [4.69, 9.17) is 5.73 Å². The fourth-order valence-corrected chi connectivity index (χ4v) is 4.93. The molecule has 2 aromatic heterocycles. The van der Waals surface area contributed by atoms with Gasteiger partial charge in [-0.3, -0.25) is 19.5 Å². The number of nitrogens with two attached hydrogens (primary N) is 1. The Kier molecular flexibility index (Phi) is 6.39. The molecule has 3 heterocycles. The zero-order valence-electron chi connectivity index (χ0n) is 17.2. The summed E-state index contributed by atoms with van der Waals surface area (Å²) in [5.74, 6) is -0.552. The van der Waals surface area contributed by atoms with Gasteiger partial charge in [0.05, 0.1) is 12.2 Å². The largest absolute Gasteiger partial charge is 0.369 e. The second kappa shape index (κ2) is 9.36. The Morgan fingerprint density at radius 3 is 2.68 bits per heavy atom. The average molecular weight is 436 g/mol. The minimum atomic E-state index is -0.871. The standard InChI is InChI=1S/C23H25N5O2S/c24-21(30)23(19-9-4-5-11-25-19)10-6-12-28(16-23)15-20(29)27-22-26-14-18(31-22)13-17-7-2-1-3-8-17/h1-5,7-9,11,14H,6,10,12-13,15-16H2,(H2,24,30)(H,26,27,29). The Morgan fingerprint density at radius 1 is 1.13 bits per heavy atom. The van der Waals surface area contributed by atoms with Crippen molar-refractivity contribution < 1.29 is 9.59 Å². The van der Waals surface area contributed by atoms with Crippen LogP contribution in [0.4, 0.5) is 5.13 Å². The van der Waals surface area contributed by atoms with Crippen molar-refractivity contribution >= 4 is 28.3 Å². The molecular weight excluding hydrogens is 410 g/mol. The van der Waals surface area contributed by atoms with Gasteiger partial charge < -0.3 is 11.1 Å². The maximum Gasteiger partial charge on any atom is 0.240 e. The molecule has 0 aliphatic carbocycles. The fourth-order valence-electron chi connectivity index (χ4n) is 4.07. The van der Waals surface area contributed by atoms with E-state index in [1.807, 2.05) is 41.3 Å². The maximum atomic E-state index is 12.6. The molecule has 7 nitrogen and oxygen atoms in total. The third-order valence-electron chi connectivity index (χ3n) is 5.59. The van der Waals surface area contributed by atoms with E-state index in [2.05, 4.69) is 27.4 Å². The van der Waals surface area contributed by atoms with Crippen molar-refractivity contribution in [3.63, 3.8) is 0 Å². The highest BCUT2D eigenvalue weighted by molar-refractivity contribution is 7.15. The van der Waals surface area contributed by atoms with Gasteiger partial charge in [0.2, 0.25) is 11.8 Å². The van der Waals surface area contributed by atoms with Gasteiger partial charge in [0, 0.05) is 30.2 Å². The van der Waals surface area contributed by atoms with Crippen LogP contribution in [-0.2, 0) is 21.4 Å². The monoisotopic (exact) mass is 435 g/mol. The number of hydrogen-bond donors (Lipinski definition) is 2. The van der Waals surface area contributed by atoms with Crippen LogP contribution in [0.1, 0.15) is 29.0 Å². The highest BCUT2D eigenvalue weighted by Gasteiger charge is 2.43. The molecule has 2 amide bonds. The lowest BCUT2D eigenvalue weighted by molar-refractivity contribution is -0.127. The van der Waals surface area contributed by atoms with Crippen LogP contribution in [0.2, 0.25) is 0 Å². The topological polar surface area (TPSA) is 101 Å². The lowest BCUT2D eigenvalue weighted by Gasteiger charge is -2.39. The van der Waals surface area contributed by atoms with Crippen LogP contribution in [0.25, 0.3) is 0 Å². The number of nitrogens with one attached hydrogen (secondary N) is 1. The molecule has 31 heavy (non-hydrogen) atoms. The molecule has 1 aliphatic rings. The van der Waals surface area contributed by atoms with Crippen molar-refractivity contribution in [3.8, 4) is 0 Å². The number of anilines is 1. The molecule has 1 aromatic carbocycles. The molecular formula is C23H25N5O2S. The summed E-state index contributed by atoms with van der Waals surface area (Å²) in [6.07, 6.45) is 5.65. The Bertz CT molecular complexity index is 1040. The van der Waals surface area contributed by atoms with Crippen LogP contribution in [0.15, 0.2) is 60.9 Å². The summed E-state index contributed by atoms with van der Waals surface area (Å²) in [6, 6.07) is 15.6. The highest BCUT2D eigenvalue weighted by atomic mass is 32.1. The molecule has 0 radical (unpaired) electrons. The summed E-state index contributed by atoms with van der Waals surface area (Å²) in [5.41, 5.74) is 6.80. The molecule has 160 valence electrons. The fraction of sp³-hybridized carbons (Fsp3) is 0.304. The van der Waals surface area contributed by atoms with E-state index >= 15 is 0 Å². The average Bonchev–Trinajstić information content (AvgIpc) is 3.21. The first-order valence-corrected chi connectivity index (χ1v) is 11.1. The number of pyridine rings is 1. The number of thiazole rings is 1. The van der Waals surface area contributed by atoms with Crippen LogP contribution in [-0.4, -0.2) is 46.3 Å². The van der Waals surface area contributed by atoms with Crippen molar-refractivity contribution in [2.75, 3.05) is 25.0 Å². The van der Waals surface area contributed by atoms with E-state index in [9.17, 15) is 9.59 Å². The van der Waals surface area contributed by atoms with E-state index in [1.165, 1.54) is 16.9 Å². The molecule has 1 aliphatic heterocycles. The van der Waals surface area contributed by atoms with Crippen molar-refractivity contribution in [2.24, 2.45) is 5.73 Å². The van der Waals surface area contributed by atoms with Gasteiger partial charge in [-0.1, -0.05) is 36.4 Å². The Labute approximate surface area is 185 Å². The number of carbonyl (C=O) groups is 2. The van der Waals surface area contributed by atoms with Crippen molar-refractivity contribution in [3.05, 3.63) is 77.1 Å². The molecule has 0 bridgehead atoms. The Balaban J connectivity index is 1.38. The Hall–Kier alpha value is -3.10. The molecule has 0 spiro atoms. The number of carbonyl (C=O) groups excluding carboxylic acids is 2. The van der Waals surface area contributed by atoms with E-state index in [-0.39, 0.29) is 12.5 Å². The molecule has 1 fully saturated rings. The first kappa shape index (κ1) is 21.1. The van der Waals surface area contributed by atoms with Crippen molar-refractivity contribution in [1.29, 1.82) is 0 Å². The van der Waals surface area contributed by atoms with Crippen LogP contribution < -0.4 is 11.1 Å². The van der Waals surface area contributed by atoms with Gasteiger partial charge in [-0.2, -0.15) is 0 Å². The van der Waals surface area contributed by atoms with E-state index in [0.29, 0.717) is 23.8 Å². The van der Waals surface area contributed by atoms with Crippen LogP contribution >= 0.6 is 11.3 Å². The third-order valence-corrected chi connectivity index (χ3v) is 6.50. The summed E-state index contributed by atoms with van der Waals surface area (Å²) in [5, 5.41) is 3.47. The zero-order valence-corrected chi connectivity index (χ0v) is 18.0. The minimum Gasteiger partial charge on any atom is -0.369 e. The normalized spacial score (nSPS) is 19.1. The van der Waals surface area contributed by atoms with E-state index < -0.39 is 11.3 Å². The summed E-state index contributed by atoms with van der Waals surface area (Å²) in [4.78, 5) is 36.8. The smallest absolute Gasteiger partial charge is 0.240 e. The lowest BCUT2D eigenvalue weighted by Crippen LogP contribution is -2.55. The number of primary amides is 1. The summed E-state index contributed by atoms with van der Waals surface area (Å²) in [6.45, 7) is 1.28. The molecule has 1 unspecified atom stereocenters. The van der Waals surface area contributed by atoms with Crippen molar-refractivity contribution in [2.45, 2.75) is 24.7 Å². The first-order valence-electron chi connectivity index (χ1n) is 10.3. The van der Waals surface area contributed by atoms with Gasteiger partial charge in [0.1, 0.15) is 5.41 Å². The molecule has 1 atom stereocenters. The SMILES string of the molecule is NC(=O)C1(c2ccccn2)CCCN(CC(=O)Nc2ncc(Cc3ccccc3)s2)C1. The number of benzene rings is 1. The van der Waals surface area contributed by atoms with E-state index in [1.54, 1.807) is 12.4 Å². The molecule has 3 N–H and O–H groups in total. The predicted molar refractivity (Wildman–Crippen MR) is 121 cm³/mol. The number of piperidine rings is 1. The van der Waals surface area contributed by atoms with Crippen LogP contribution in [0.3, 0.4) is 0 Å². The summed E-state index contributed by atoms with van der Waals surface area (Å²) < 4.78 is 0. The van der Waals surface area contributed by atoms with Gasteiger partial charge >= 0.3 is 0 Å². The lowest BCUT2D eigenvalue weighted by atomic mass is 9.76. The number of rotatable bonds is 7. The third kappa shape index (κ3) is 4.98. The second-order valence-corrected chi connectivity index (χ2v) is 8.93. The minimum absolute atomic E-state index is 0.151. The van der Waals surface area contributed by atoms with Gasteiger partial charge in [-0.15, -0.1) is 11.3 Å². The van der Waals surface area contributed by atoms with Gasteiger partial charge in [0.25, 0.3) is 0 Å². The van der Waals surface area contributed by atoms with Crippen LogP contribution in [0, 0.1) is 0 Å². The summed E-state index contributed by atoms with van der Waals surface area (Å²) in [7, 11) is 0. The first-order chi connectivity index (χ1) is 15.0. The van der Waals surface area contributed by atoms with Crippen molar-refractivity contribution in [1.82, 2.24) is 14.9 Å². The van der Waals surface area contributed by atoms with Crippen LogP contribution in [0.5, 0.6) is 0 Å². The number of nitrogens with zero attached hydrogens (tertiary/aromatic N) is 3. The molecule has 8 heteroatoms. The number of aromatic nitrogens is 2. The highest BCUT2D eigenvalue weighted by Crippen LogP contribution is 2.32. The van der Waals surface area contributed by atoms with Gasteiger partial charge in [0.15, 0.2) is 5.13 Å². The summed E-state index contributed by atoms with van der Waals surface area (Å²) >= 11 is 1.47. The second-order valence-electron chi connectivity index (χ2n) is 7.82. The quantitative estimate of drug-likeness (QED) is 0.594. The van der Waals surface area contributed by atoms with E-state index in [0.717, 1.165) is 24.3 Å². The molecule has 1 saturated heterocycles. The number of hydrogen-bond acceptors (Lipinski definition) is 6.